The molecule has 206 valence electrons. The summed E-state index contributed by atoms with van der Waals surface area (Å²) < 4.78 is 6.24. The smallest absolute Gasteiger partial charge is 0.223 e. The summed E-state index contributed by atoms with van der Waals surface area (Å²) in [6, 6.07) is 7.59. The first-order valence-corrected chi connectivity index (χ1v) is 12.2. The van der Waals surface area contributed by atoms with E-state index < -0.39 is 0 Å². The molecule has 2 aliphatic rings. The number of rotatable bonds is 5. The third-order valence-electron chi connectivity index (χ3n) is 4.97. The number of likely N-dealkylation sites (tertiary alicyclic amines) is 1. The number of nitrogens with zero attached hydrogens (tertiary/aromatic N) is 3. The van der Waals surface area contributed by atoms with Crippen molar-refractivity contribution in [3.05, 3.63) is 60.2 Å². The van der Waals surface area contributed by atoms with Gasteiger partial charge in [0.05, 0.1) is 26.6 Å². The molecule has 0 aromatic carbocycles. The number of carbonyl (C=O) groups is 2. The number of hydrogen-bond donors (Lipinski definition) is 3. The monoisotopic (exact) mass is 566 g/mol. The van der Waals surface area contributed by atoms with Crippen molar-refractivity contribution in [2.75, 3.05) is 19.9 Å². The molecule has 2 fully saturated rings. The number of aliphatic hydroxyl groups is 2. The highest BCUT2D eigenvalue weighted by Gasteiger charge is 2.29. The van der Waals surface area contributed by atoms with Gasteiger partial charge >= 0.3 is 0 Å². The van der Waals surface area contributed by atoms with E-state index >= 15 is 0 Å². The van der Waals surface area contributed by atoms with E-state index in [1.807, 2.05) is 30.9 Å². The summed E-state index contributed by atoms with van der Waals surface area (Å²) in [6.45, 7) is 2.52. The Hall–Kier alpha value is -1.83. The van der Waals surface area contributed by atoms with Gasteiger partial charge in [0.2, 0.25) is 11.8 Å². The van der Waals surface area contributed by atoms with E-state index in [1.165, 1.54) is 0 Å². The minimum Gasteiger partial charge on any atom is -0.394 e. The molecule has 36 heavy (non-hydrogen) atoms. The number of halogens is 2. The van der Waals surface area contributed by atoms with Crippen molar-refractivity contribution in [3.63, 3.8) is 0 Å². The highest BCUT2D eigenvalue weighted by molar-refractivity contribution is 7.15. The van der Waals surface area contributed by atoms with Gasteiger partial charge < -0.3 is 20.4 Å². The number of pyridine rings is 2. The molecular weight excluding hydrogens is 522 g/mol. The van der Waals surface area contributed by atoms with Crippen LogP contribution in [-0.2, 0) is 22.0 Å². The zero-order valence-corrected chi connectivity index (χ0v) is 21.8. The topological polar surface area (TPSA) is 116 Å². The minimum absolute atomic E-state index is 0. The van der Waals surface area contributed by atoms with Gasteiger partial charge in [-0.2, -0.15) is 0 Å². The first-order chi connectivity index (χ1) is 16.5. The maximum Gasteiger partial charge on any atom is 0.223 e. The van der Waals surface area contributed by atoms with E-state index in [4.69, 9.17) is 23.1 Å². The Labute approximate surface area is 231 Å². The van der Waals surface area contributed by atoms with E-state index in [9.17, 15) is 9.59 Å². The quantitative estimate of drug-likeness (QED) is 0.374. The SMILES string of the molecule is C.C.Cl.ClCc1ccncc1.O=C1CC[C@@H](CO)N1.O=C1CC[C@@H](CO)N1Cc1ccncc1.[3H]PC. The largest absolute Gasteiger partial charge is 0.394 e. The van der Waals surface area contributed by atoms with Crippen LogP contribution in [0.25, 0.3) is 0 Å². The predicted molar refractivity (Wildman–Crippen MR) is 153 cm³/mol. The number of aliphatic hydroxyl groups excluding tert-OH is 2. The van der Waals surface area contributed by atoms with Crippen molar-refractivity contribution in [2.24, 2.45) is 0 Å². The van der Waals surface area contributed by atoms with E-state index in [0.717, 1.165) is 24.0 Å². The van der Waals surface area contributed by atoms with Gasteiger partial charge in [-0.25, -0.2) is 0 Å². The van der Waals surface area contributed by atoms with Crippen LogP contribution in [-0.4, -0.2) is 70.1 Å². The van der Waals surface area contributed by atoms with Gasteiger partial charge in [0.1, 0.15) is 0 Å². The molecule has 2 aromatic heterocycles. The van der Waals surface area contributed by atoms with Gasteiger partial charge in [0.25, 0.3) is 0 Å². The van der Waals surface area contributed by atoms with Crippen LogP contribution in [0, 0.1) is 0 Å². The van der Waals surface area contributed by atoms with Crippen LogP contribution in [0.5, 0.6) is 0 Å². The molecule has 0 bridgehead atoms. The Morgan fingerprint density at radius 1 is 1.03 bits per heavy atom. The molecule has 8 nitrogen and oxygen atoms in total. The summed E-state index contributed by atoms with van der Waals surface area (Å²) in [7, 11) is 0.333. The third-order valence-corrected chi connectivity index (χ3v) is 5.28. The maximum atomic E-state index is 11.5. The standard InChI is InChI=1S/C11H14N2O2.C6H6ClN.C5H9NO2.CH5P.2CH4.ClH/c14-8-10-1-2-11(15)13(10)7-9-3-5-12-6-4-9;7-5-6-1-3-8-4-2-6;7-3-4-1-2-5(8)6-4;1-2;;;/h3-6,10,14H,1-2,7-8H2;1-4H,5H2;4,7H,1-3H2,(H,6,8);2H2,1H3;2*1H4;1H/t10-;;4-;;;;/m0.0..../s1/i;;;2T;;;. The van der Waals surface area contributed by atoms with Crippen LogP contribution < -0.4 is 5.32 Å². The molecule has 4 rings (SSSR count). The normalized spacial score (nSPS) is 17.9. The molecule has 0 saturated carbocycles. The second kappa shape index (κ2) is 23.6. The summed E-state index contributed by atoms with van der Waals surface area (Å²) >= 11 is 5.50. The van der Waals surface area contributed by atoms with Gasteiger partial charge in [-0.15, -0.1) is 33.2 Å². The summed E-state index contributed by atoms with van der Waals surface area (Å²) in [5.74, 6) is 0.762. The highest BCUT2D eigenvalue weighted by atomic mass is 35.5. The van der Waals surface area contributed by atoms with Gasteiger partial charge in [-0.05, 0) is 48.2 Å². The fourth-order valence-electron chi connectivity index (χ4n) is 3.17. The minimum atomic E-state index is -0.00864. The van der Waals surface area contributed by atoms with Crippen LogP contribution in [0.1, 0.15) is 51.7 Å². The maximum absolute atomic E-state index is 11.5. The van der Waals surface area contributed by atoms with Crippen LogP contribution in [0.15, 0.2) is 49.1 Å². The Morgan fingerprint density at radius 3 is 1.92 bits per heavy atom. The average molecular weight is 568 g/mol. The van der Waals surface area contributed by atoms with Crippen LogP contribution in [0.2, 0.25) is 0 Å². The van der Waals surface area contributed by atoms with E-state index in [2.05, 4.69) is 15.3 Å². The van der Waals surface area contributed by atoms with Crippen LogP contribution in [0.3, 0.4) is 0 Å². The molecule has 2 aromatic rings. The second-order valence-corrected chi connectivity index (χ2v) is 7.49. The summed E-state index contributed by atoms with van der Waals surface area (Å²) in [6.07, 6.45) is 9.57. The molecule has 11 heteroatoms. The molecule has 3 N–H and O–H groups in total. The fourth-order valence-corrected chi connectivity index (χ4v) is 3.35. The predicted octanol–water partition coefficient (Wildman–Crippen LogP) is 3.83. The van der Waals surface area contributed by atoms with Crippen LogP contribution >= 0.6 is 33.2 Å². The number of hydrogen-bond acceptors (Lipinski definition) is 6. The molecule has 2 amide bonds. The zero-order valence-electron chi connectivity index (χ0n) is 20.3. The molecule has 2 saturated heterocycles. The lowest BCUT2D eigenvalue weighted by molar-refractivity contribution is -0.130. The number of alkyl halides is 1. The van der Waals surface area contributed by atoms with Gasteiger partial charge in [0.15, 0.2) is 0 Å². The zero-order chi connectivity index (χ0) is 25.2. The van der Waals surface area contributed by atoms with Crippen molar-refractivity contribution in [1.82, 2.24) is 20.2 Å². The molecular formula is C25H43Cl2N4O4P. The van der Waals surface area contributed by atoms with Crippen molar-refractivity contribution < 1.29 is 19.8 Å². The van der Waals surface area contributed by atoms with Gasteiger partial charge in [0, 0.05) is 50.1 Å². The lowest BCUT2D eigenvalue weighted by Gasteiger charge is -2.23. The Kier molecular flexibility index (Phi) is 23.8. The van der Waals surface area contributed by atoms with Crippen molar-refractivity contribution in [3.8, 4) is 0 Å². The van der Waals surface area contributed by atoms with E-state index in [0.29, 0.717) is 34.5 Å². The average Bonchev–Trinajstić information content (AvgIpc) is 3.46. The first kappa shape index (κ1) is 36.3. The van der Waals surface area contributed by atoms with Crippen LogP contribution in [0.4, 0.5) is 0 Å². The van der Waals surface area contributed by atoms with Gasteiger partial charge in [-0.3, -0.25) is 19.6 Å². The summed E-state index contributed by atoms with van der Waals surface area (Å²) in [5.41, 5.74) is 2.17. The molecule has 0 spiro atoms. The van der Waals surface area contributed by atoms with Crippen molar-refractivity contribution in [1.29, 1.82) is 1.28 Å². The number of nitrogens with one attached hydrogen (secondary N) is 1. The first-order valence-electron chi connectivity index (χ1n) is 11.2. The number of carbonyl (C=O) groups excluding carboxylic acids is 2. The molecule has 4 heterocycles. The number of aromatic nitrogens is 2. The molecule has 1 unspecified atom stereocenters. The Bertz CT molecular complexity index is 829. The van der Waals surface area contributed by atoms with E-state index in [-0.39, 0.29) is 64.4 Å². The summed E-state index contributed by atoms with van der Waals surface area (Å²) in [5, 5.41) is 20.2. The molecule has 2 aliphatic heterocycles. The summed E-state index contributed by atoms with van der Waals surface area (Å²) in [4.78, 5) is 31.4. The fraction of sp³-hybridized carbons (Fsp3) is 0.520. The highest BCUT2D eigenvalue weighted by Crippen LogP contribution is 2.20. The Morgan fingerprint density at radius 2 is 1.56 bits per heavy atom. The Balaban J connectivity index is -0.000000455. The molecule has 0 radical (unpaired) electrons. The third kappa shape index (κ3) is 14.7. The molecule has 3 atom stereocenters. The van der Waals surface area contributed by atoms with Crippen molar-refractivity contribution in [2.45, 2.75) is 65.0 Å². The van der Waals surface area contributed by atoms with E-state index in [1.54, 1.807) is 29.7 Å². The lowest BCUT2D eigenvalue weighted by Crippen LogP contribution is -2.34. The van der Waals surface area contributed by atoms with Gasteiger partial charge in [-0.1, -0.05) is 21.5 Å². The van der Waals surface area contributed by atoms with Crippen molar-refractivity contribution >= 4 is 45.0 Å². The second-order valence-electron chi connectivity index (χ2n) is 7.23. The number of amides is 2. The molecule has 0 aliphatic carbocycles. The lowest BCUT2D eigenvalue weighted by atomic mass is 10.2.